The Morgan fingerprint density at radius 3 is 3.24 bits per heavy atom. The van der Waals surface area contributed by atoms with Crippen molar-refractivity contribution in [1.82, 2.24) is 15.5 Å². The number of rotatable bonds is 5. The van der Waals surface area contributed by atoms with Gasteiger partial charge in [0.25, 0.3) is 5.91 Å². The number of carbonyl (C=O) groups excluding carboxylic acids is 1. The minimum absolute atomic E-state index is 0.126. The fourth-order valence-electron chi connectivity index (χ4n) is 3.33. The molecule has 0 radical (unpaired) electrons. The highest BCUT2D eigenvalue weighted by molar-refractivity contribution is 7.99. The molecule has 2 N–H and O–H groups in total. The molecule has 2 aromatic heterocycles. The third-order valence-electron chi connectivity index (χ3n) is 4.70. The number of nitrogens with zero attached hydrogens (tertiary/aromatic N) is 1. The Kier molecular flexibility index (Phi) is 4.53. The summed E-state index contributed by atoms with van der Waals surface area (Å²) in [6, 6.07) is 8.23. The number of thioether (sulfide) groups is 1. The molecule has 3 aromatic rings. The molecule has 25 heavy (non-hydrogen) atoms. The van der Waals surface area contributed by atoms with Crippen molar-refractivity contribution in [2.24, 2.45) is 5.92 Å². The number of hydrogen-bond donors (Lipinski definition) is 2. The fraction of sp³-hybridized carbons (Fsp3) is 0.368. The van der Waals surface area contributed by atoms with E-state index in [0.29, 0.717) is 18.2 Å². The molecule has 0 saturated carbocycles. The van der Waals surface area contributed by atoms with Crippen LogP contribution in [-0.2, 0) is 12.8 Å². The van der Waals surface area contributed by atoms with E-state index in [1.807, 2.05) is 18.3 Å². The smallest absolute Gasteiger partial charge is 0.273 e. The van der Waals surface area contributed by atoms with Crippen LogP contribution in [0.15, 0.2) is 39.9 Å². The molecule has 6 heteroatoms. The van der Waals surface area contributed by atoms with E-state index in [2.05, 4.69) is 34.5 Å². The number of aryl methyl sites for hydroxylation is 1. The second-order valence-electron chi connectivity index (χ2n) is 6.58. The molecule has 0 bridgehead atoms. The Bertz CT molecular complexity index is 899. The van der Waals surface area contributed by atoms with Crippen molar-refractivity contribution in [2.75, 3.05) is 12.3 Å². The van der Waals surface area contributed by atoms with Gasteiger partial charge in [-0.25, -0.2) is 0 Å². The van der Waals surface area contributed by atoms with Crippen molar-refractivity contribution in [3.8, 4) is 0 Å². The molecule has 130 valence electrons. The van der Waals surface area contributed by atoms with Crippen molar-refractivity contribution in [2.45, 2.75) is 31.1 Å². The highest BCUT2D eigenvalue weighted by Crippen LogP contribution is 2.28. The number of benzene rings is 1. The van der Waals surface area contributed by atoms with Crippen molar-refractivity contribution in [1.29, 1.82) is 0 Å². The highest BCUT2D eigenvalue weighted by atomic mass is 32.2. The Balaban J connectivity index is 1.33. The predicted molar refractivity (Wildman–Crippen MR) is 99.0 cm³/mol. The van der Waals surface area contributed by atoms with Crippen LogP contribution in [0.25, 0.3) is 10.9 Å². The zero-order valence-electron chi connectivity index (χ0n) is 14.2. The fourth-order valence-corrected chi connectivity index (χ4v) is 4.23. The molecule has 0 spiro atoms. The quantitative estimate of drug-likeness (QED) is 0.539. The van der Waals surface area contributed by atoms with Gasteiger partial charge in [-0.2, -0.15) is 0 Å². The zero-order valence-corrected chi connectivity index (χ0v) is 15.0. The highest BCUT2D eigenvalue weighted by Gasteiger charge is 2.26. The van der Waals surface area contributed by atoms with Gasteiger partial charge in [-0.15, -0.1) is 11.8 Å². The molecular weight excluding hydrogens is 334 g/mol. The molecule has 2 heterocycles. The molecule has 1 atom stereocenters. The number of aromatic nitrogens is 2. The van der Waals surface area contributed by atoms with E-state index in [1.165, 1.54) is 10.3 Å². The number of para-hydroxylation sites is 1. The van der Waals surface area contributed by atoms with Crippen molar-refractivity contribution >= 4 is 28.6 Å². The minimum Gasteiger partial charge on any atom is -0.360 e. The second kappa shape index (κ2) is 6.96. The zero-order chi connectivity index (χ0) is 17.2. The summed E-state index contributed by atoms with van der Waals surface area (Å²) in [6.07, 6.45) is 4.88. The first kappa shape index (κ1) is 16.3. The first-order valence-corrected chi connectivity index (χ1v) is 9.65. The van der Waals surface area contributed by atoms with Gasteiger partial charge in [0.2, 0.25) is 0 Å². The summed E-state index contributed by atoms with van der Waals surface area (Å²) in [5.74, 6) is 2.15. The van der Waals surface area contributed by atoms with Gasteiger partial charge in [0, 0.05) is 46.3 Å². The Morgan fingerprint density at radius 2 is 2.32 bits per heavy atom. The van der Waals surface area contributed by atoms with Gasteiger partial charge < -0.3 is 14.8 Å². The third-order valence-corrected chi connectivity index (χ3v) is 5.75. The van der Waals surface area contributed by atoms with Gasteiger partial charge in [-0.1, -0.05) is 30.3 Å². The standard InChI is InChI=1S/C19H21N3O2S/c1-12-6-7-16-14(10-12)18(22-24-16)19(23)20-8-9-25-17-11-21-15-5-3-2-4-13(15)17/h2-5,11-12,21H,6-10H2,1H3,(H,20,23). The number of carbonyl (C=O) groups is 1. The Morgan fingerprint density at radius 1 is 1.44 bits per heavy atom. The lowest BCUT2D eigenvalue weighted by molar-refractivity contribution is 0.0946. The molecule has 1 aliphatic rings. The lowest BCUT2D eigenvalue weighted by Crippen LogP contribution is -2.27. The number of H-pyrrole nitrogens is 1. The summed E-state index contributed by atoms with van der Waals surface area (Å²) >= 11 is 1.74. The molecule has 1 amide bonds. The Labute approximate surface area is 150 Å². The topological polar surface area (TPSA) is 70.9 Å². The van der Waals surface area contributed by atoms with E-state index in [0.717, 1.165) is 41.9 Å². The lowest BCUT2D eigenvalue weighted by atomic mass is 9.88. The molecule has 1 aromatic carbocycles. The van der Waals surface area contributed by atoms with Gasteiger partial charge in [0.15, 0.2) is 5.69 Å². The van der Waals surface area contributed by atoms with Crippen molar-refractivity contribution in [3.63, 3.8) is 0 Å². The lowest BCUT2D eigenvalue weighted by Gasteiger charge is -2.16. The van der Waals surface area contributed by atoms with Crippen LogP contribution in [-0.4, -0.2) is 28.3 Å². The molecule has 0 aliphatic heterocycles. The van der Waals surface area contributed by atoms with Crippen molar-refractivity contribution < 1.29 is 9.32 Å². The van der Waals surface area contributed by atoms with E-state index >= 15 is 0 Å². The predicted octanol–water partition coefficient (Wildman–Crippen LogP) is 3.80. The van der Waals surface area contributed by atoms with E-state index in [-0.39, 0.29) is 5.91 Å². The molecule has 0 saturated heterocycles. The number of amides is 1. The van der Waals surface area contributed by atoms with Crippen LogP contribution in [0.2, 0.25) is 0 Å². The molecule has 1 unspecified atom stereocenters. The van der Waals surface area contributed by atoms with Gasteiger partial charge in [-0.05, 0) is 24.8 Å². The normalized spacial score (nSPS) is 16.8. The number of fused-ring (bicyclic) bond motifs is 2. The molecule has 5 nitrogen and oxygen atoms in total. The SMILES string of the molecule is CC1CCc2onc(C(=O)NCCSc3c[nH]c4ccccc34)c2C1. The van der Waals surface area contributed by atoms with E-state index in [9.17, 15) is 4.79 Å². The van der Waals surface area contributed by atoms with Crippen LogP contribution < -0.4 is 5.32 Å². The summed E-state index contributed by atoms with van der Waals surface area (Å²) in [4.78, 5) is 16.9. The summed E-state index contributed by atoms with van der Waals surface area (Å²) in [5, 5.41) is 8.19. The first-order chi connectivity index (χ1) is 12.2. The van der Waals surface area contributed by atoms with Gasteiger partial charge in [0.05, 0.1) is 0 Å². The monoisotopic (exact) mass is 355 g/mol. The molecule has 0 fully saturated rings. The Hall–Kier alpha value is -2.21. The maximum Gasteiger partial charge on any atom is 0.273 e. The van der Waals surface area contributed by atoms with Crippen LogP contribution in [0.4, 0.5) is 0 Å². The number of hydrogen-bond acceptors (Lipinski definition) is 4. The largest absolute Gasteiger partial charge is 0.360 e. The van der Waals surface area contributed by atoms with Crippen LogP contribution in [0.3, 0.4) is 0 Å². The maximum atomic E-state index is 12.4. The molecule has 1 aliphatic carbocycles. The second-order valence-corrected chi connectivity index (χ2v) is 7.72. The summed E-state index contributed by atoms with van der Waals surface area (Å²) < 4.78 is 5.35. The van der Waals surface area contributed by atoms with Crippen LogP contribution >= 0.6 is 11.8 Å². The molecular formula is C19H21N3O2S. The van der Waals surface area contributed by atoms with Crippen LogP contribution in [0.1, 0.15) is 35.2 Å². The number of nitrogens with one attached hydrogen (secondary N) is 2. The molecule has 4 rings (SSSR count). The minimum atomic E-state index is -0.126. The van der Waals surface area contributed by atoms with E-state index < -0.39 is 0 Å². The van der Waals surface area contributed by atoms with Crippen LogP contribution in [0.5, 0.6) is 0 Å². The summed E-state index contributed by atoms with van der Waals surface area (Å²) in [6.45, 7) is 2.80. The van der Waals surface area contributed by atoms with Crippen molar-refractivity contribution in [3.05, 3.63) is 47.5 Å². The number of aromatic amines is 1. The van der Waals surface area contributed by atoms with Gasteiger partial charge >= 0.3 is 0 Å². The summed E-state index contributed by atoms with van der Waals surface area (Å²) in [5.41, 5.74) is 2.61. The third kappa shape index (κ3) is 3.31. The first-order valence-electron chi connectivity index (χ1n) is 8.67. The average Bonchev–Trinajstić information content (AvgIpc) is 3.22. The van der Waals surface area contributed by atoms with Crippen LogP contribution in [0, 0.1) is 5.92 Å². The van der Waals surface area contributed by atoms with E-state index in [1.54, 1.807) is 11.8 Å². The summed E-state index contributed by atoms with van der Waals surface area (Å²) in [7, 11) is 0. The van der Waals surface area contributed by atoms with Gasteiger partial charge in [0.1, 0.15) is 5.76 Å². The average molecular weight is 355 g/mol. The van der Waals surface area contributed by atoms with Gasteiger partial charge in [-0.3, -0.25) is 4.79 Å². The maximum absolute atomic E-state index is 12.4. The van der Waals surface area contributed by atoms with E-state index in [4.69, 9.17) is 4.52 Å².